The first-order chi connectivity index (χ1) is 6.09. The van der Waals surface area contributed by atoms with Gasteiger partial charge in [0.05, 0.1) is 0 Å². The Morgan fingerprint density at radius 1 is 1.31 bits per heavy atom. The fourth-order valence-electron chi connectivity index (χ4n) is 1.81. The van der Waals surface area contributed by atoms with Gasteiger partial charge in [0.15, 0.2) is 0 Å². The first kappa shape index (κ1) is 8.73. The number of fused-ring (bicyclic) bond motifs is 1. The number of benzene rings is 1. The van der Waals surface area contributed by atoms with Crippen LogP contribution in [0.25, 0.3) is 0 Å². The largest absolute Gasteiger partial charge is 0.273 e. The molecule has 0 N–H and O–H groups in total. The molecular formula is C10H9BF2. The molecule has 0 aliphatic heterocycles. The van der Waals surface area contributed by atoms with Crippen LogP contribution in [0.4, 0.5) is 8.78 Å². The molecule has 1 aromatic carbocycles. The number of aryl methyl sites for hydroxylation is 1. The minimum absolute atomic E-state index is 0.0378. The maximum Gasteiger partial charge on any atom is 0.273 e. The van der Waals surface area contributed by atoms with Crippen molar-refractivity contribution in [3.63, 3.8) is 0 Å². The van der Waals surface area contributed by atoms with E-state index in [9.17, 15) is 8.78 Å². The monoisotopic (exact) mass is 178 g/mol. The highest BCUT2D eigenvalue weighted by Crippen LogP contribution is 2.39. The predicted molar refractivity (Wildman–Crippen MR) is 48.7 cm³/mol. The second-order valence-electron chi connectivity index (χ2n) is 3.47. The average Bonchev–Trinajstić information content (AvgIpc) is 2.02. The van der Waals surface area contributed by atoms with Crippen LogP contribution < -0.4 is 5.46 Å². The first-order valence-corrected chi connectivity index (χ1v) is 4.36. The van der Waals surface area contributed by atoms with Crippen molar-refractivity contribution in [1.29, 1.82) is 0 Å². The third-order valence-electron chi connectivity index (χ3n) is 2.46. The maximum atomic E-state index is 13.3. The van der Waals surface area contributed by atoms with Crippen LogP contribution in [-0.2, 0) is 12.3 Å². The molecule has 1 aliphatic rings. The normalized spacial score (nSPS) is 19.5. The summed E-state index contributed by atoms with van der Waals surface area (Å²) in [4.78, 5) is 0. The van der Waals surface area contributed by atoms with E-state index in [2.05, 4.69) is 0 Å². The zero-order valence-corrected chi connectivity index (χ0v) is 7.19. The quantitative estimate of drug-likeness (QED) is 0.532. The van der Waals surface area contributed by atoms with Gasteiger partial charge in [0.1, 0.15) is 7.85 Å². The molecule has 2 rings (SSSR count). The van der Waals surface area contributed by atoms with Crippen LogP contribution in [0.5, 0.6) is 0 Å². The highest BCUT2D eigenvalue weighted by molar-refractivity contribution is 6.32. The summed E-state index contributed by atoms with van der Waals surface area (Å²) in [5.41, 5.74) is 1.43. The van der Waals surface area contributed by atoms with E-state index in [1.165, 1.54) is 12.1 Å². The molecule has 0 saturated carbocycles. The Balaban J connectivity index is 2.53. The lowest BCUT2D eigenvalue weighted by Crippen LogP contribution is -2.22. The number of halogens is 2. The van der Waals surface area contributed by atoms with Crippen molar-refractivity contribution in [2.45, 2.75) is 25.2 Å². The van der Waals surface area contributed by atoms with E-state index >= 15 is 0 Å². The van der Waals surface area contributed by atoms with Gasteiger partial charge in [-0.25, -0.2) is 8.78 Å². The predicted octanol–water partition coefficient (Wildman–Crippen LogP) is 1.91. The molecule has 3 heteroatoms. The van der Waals surface area contributed by atoms with Crippen molar-refractivity contribution in [3.05, 3.63) is 29.3 Å². The minimum Gasteiger partial charge on any atom is -0.201 e. The van der Waals surface area contributed by atoms with Crippen molar-refractivity contribution in [2.75, 3.05) is 0 Å². The lowest BCUT2D eigenvalue weighted by atomic mass is 9.84. The highest BCUT2D eigenvalue weighted by Gasteiger charge is 2.35. The molecule has 0 saturated heterocycles. The van der Waals surface area contributed by atoms with E-state index in [4.69, 9.17) is 7.85 Å². The van der Waals surface area contributed by atoms with Gasteiger partial charge >= 0.3 is 0 Å². The molecule has 0 unspecified atom stereocenters. The topological polar surface area (TPSA) is 0 Å². The maximum absolute atomic E-state index is 13.3. The standard InChI is InChI=1S/C10H9BF2/c11-8-3-4-9-7(6-8)2-1-5-10(9,12)13/h3-4,6H,1-2,5H2. The Hall–Kier alpha value is -0.855. The van der Waals surface area contributed by atoms with Crippen LogP contribution in [0.15, 0.2) is 18.2 Å². The van der Waals surface area contributed by atoms with Crippen molar-refractivity contribution >= 4 is 13.3 Å². The molecule has 1 aliphatic carbocycles. The van der Waals surface area contributed by atoms with E-state index < -0.39 is 5.92 Å². The molecule has 13 heavy (non-hydrogen) atoms. The molecule has 2 radical (unpaired) electrons. The smallest absolute Gasteiger partial charge is 0.201 e. The zero-order valence-electron chi connectivity index (χ0n) is 7.19. The van der Waals surface area contributed by atoms with Crippen LogP contribution in [0.1, 0.15) is 24.0 Å². The van der Waals surface area contributed by atoms with E-state index in [1.54, 1.807) is 6.07 Å². The highest BCUT2D eigenvalue weighted by atomic mass is 19.3. The Labute approximate surface area is 77.4 Å². The molecular weight excluding hydrogens is 169 g/mol. The molecule has 66 valence electrons. The van der Waals surface area contributed by atoms with E-state index in [0.717, 1.165) is 6.42 Å². The van der Waals surface area contributed by atoms with Gasteiger partial charge in [0, 0.05) is 12.0 Å². The van der Waals surface area contributed by atoms with E-state index in [1.807, 2.05) is 0 Å². The summed E-state index contributed by atoms with van der Waals surface area (Å²) < 4.78 is 26.6. The molecule has 0 aromatic heterocycles. The SMILES string of the molecule is [B]c1ccc2c(c1)CCCC2(F)F. The van der Waals surface area contributed by atoms with Gasteiger partial charge in [-0.2, -0.15) is 0 Å². The van der Waals surface area contributed by atoms with Crippen LogP contribution in [0, 0.1) is 0 Å². The Bertz CT molecular complexity index is 334. The Morgan fingerprint density at radius 2 is 2.08 bits per heavy atom. The summed E-state index contributed by atoms with van der Waals surface area (Å²) in [6.45, 7) is 0. The van der Waals surface area contributed by atoms with Crippen LogP contribution in [0.2, 0.25) is 0 Å². The Kier molecular flexibility index (Phi) is 1.90. The lowest BCUT2D eigenvalue weighted by molar-refractivity contribution is -0.0216. The summed E-state index contributed by atoms with van der Waals surface area (Å²) in [5, 5.41) is 0. The van der Waals surface area contributed by atoms with Gasteiger partial charge < -0.3 is 0 Å². The number of rotatable bonds is 0. The lowest BCUT2D eigenvalue weighted by Gasteiger charge is -2.25. The number of hydrogen-bond acceptors (Lipinski definition) is 0. The zero-order chi connectivity index (χ0) is 9.47. The number of alkyl halides is 2. The molecule has 0 nitrogen and oxygen atoms in total. The molecule has 0 amide bonds. The number of hydrogen-bond donors (Lipinski definition) is 0. The summed E-state index contributed by atoms with van der Waals surface area (Å²) in [5.74, 6) is -2.65. The third-order valence-corrected chi connectivity index (χ3v) is 2.46. The van der Waals surface area contributed by atoms with E-state index in [-0.39, 0.29) is 12.0 Å². The van der Waals surface area contributed by atoms with Gasteiger partial charge in [-0.15, -0.1) is 0 Å². The van der Waals surface area contributed by atoms with Gasteiger partial charge in [0.25, 0.3) is 5.92 Å². The van der Waals surface area contributed by atoms with Crippen molar-refractivity contribution in [2.24, 2.45) is 0 Å². The molecule has 0 spiro atoms. The molecule has 0 heterocycles. The summed E-state index contributed by atoms with van der Waals surface area (Å²) in [6.07, 6.45) is 1.23. The molecule has 0 fully saturated rings. The fourth-order valence-corrected chi connectivity index (χ4v) is 1.81. The van der Waals surface area contributed by atoms with E-state index in [0.29, 0.717) is 17.4 Å². The molecule has 1 aromatic rings. The van der Waals surface area contributed by atoms with Gasteiger partial charge in [-0.3, -0.25) is 0 Å². The summed E-state index contributed by atoms with van der Waals surface area (Å²) >= 11 is 0. The van der Waals surface area contributed by atoms with Gasteiger partial charge in [0.2, 0.25) is 0 Å². The molecule has 0 atom stereocenters. The van der Waals surface area contributed by atoms with Crippen LogP contribution >= 0.6 is 0 Å². The third kappa shape index (κ3) is 1.47. The summed E-state index contributed by atoms with van der Waals surface area (Å²) in [6, 6.07) is 4.64. The van der Waals surface area contributed by atoms with Crippen LogP contribution in [-0.4, -0.2) is 7.85 Å². The average molecular weight is 178 g/mol. The van der Waals surface area contributed by atoms with Crippen molar-refractivity contribution < 1.29 is 8.78 Å². The first-order valence-electron chi connectivity index (χ1n) is 4.36. The second-order valence-corrected chi connectivity index (χ2v) is 3.47. The van der Waals surface area contributed by atoms with Crippen LogP contribution in [0.3, 0.4) is 0 Å². The molecule has 0 bridgehead atoms. The van der Waals surface area contributed by atoms with Crippen molar-refractivity contribution in [1.82, 2.24) is 0 Å². The minimum atomic E-state index is -2.65. The second kappa shape index (κ2) is 2.83. The van der Waals surface area contributed by atoms with Gasteiger partial charge in [-0.05, 0) is 18.4 Å². The fraction of sp³-hybridized carbons (Fsp3) is 0.400. The van der Waals surface area contributed by atoms with Crippen molar-refractivity contribution in [3.8, 4) is 0 Å². The Morgan fingerprint density at radius 3 is 2.85 bits per heavy atom. The van der Waals surface area contributed by atoms with Gasteiger partial charge in [-0.1, -0.05) is 23.7 Å². The summed E-state index contributed by atoms with van der Waals surface area (Å²) in [7, 11) is 5.53.